The Morgan fingerprint density at radius 2 is 1.38 bits per heavy atom. The summed E-state index contributed by atoms with van der Waals surface area (Å²) in [6.07, 6.45) is 3.31. The molecule has 0 aliphatic heterocycles. The maximum absolute atomic E-state index is 9.81. The van der Waals surface area contributed by atoms with Crippen LogP contribution in [0.2, 0.25) is 0 Å². The van der Waals surface area contributed by atoms with E-state index in [1.54, 1.807) is 6.92 Å². The molecule has 0 radical (unpaired) electrons. The Morgan fingerprint density at radius 1 is 1.00 bits per heavy atom. The lowest BCUT2D eigenvalue weighted by molar-refractivity contribution is -0.116. The second-order valence-electron chi connectivity index (χ2n) is 3.71. The number of carbonyl (C=O) groups excluding carboxylic acids is 1. The number of hydrogen-bond acceptors (Lipinski definition) is 1. The molecule has 16 heavy (non-hydrogen) atoms. The minimum absolute atomic E-state index is 0.255. The third-order valence-electron chi connectivity index (χ3n) is 1.94. The van der Waals surface area contributed by atoms with Gasteiger partial charge in [-0.15, -0.1) is 0 Å². The van der Waals surface area contributed by atoms with E-state index in [0.717, 1.165) is 0 Å². The minimum Gasteiger partial charge on any atom is -0.300 e. The first-order chi connectivity index (χ1) is 7.58. The fraction of sp³-hybridized carbons (Fsp3) is 0.533. The Balaban J connectivity index is 0. The van der Waals surface area contributed by atoms with Gasteiger partial charge in [0.25, 0.3) is 0 Å². The second kappa shape index (κ2) is 13.9. The number of Topliss-reactive ketones (excluding diaryl/α,β-unsaturated/α-hetero) is 1. The number of benzene rings is 1. The quantitative estimate of drug-likeness (QED) is 0.703. The van der Waals surface area contributed by atoms with Crippen molar-refractivity contribution in [3.05, 3.63) is 35.9 Å². The summed E-state index contributed by atoms with van der Waals surface area (Å²) in [5.74, 6) is 0.255. The summed E-state index contributed by atoms with van der Waals surface area (Å²) in [6.45, 7) is 9.88. The third kappa shape index (κ3) is 18.6. The van der Waals surface area contributed by atoms with Crippen LogP contribution >= 0.6 is 0 Å². The Bertz CT molecular complexity index is 237. The molecular weight excluding hydrogens is 196 g/mol. The third-order valence-corrected chi connectivity index (χ3v) is 1.94. The molecule has 0 amide bonds. The normalized spacial score (nSPS) is 8.06. The summed E-state index contributed by atoms with van der Waals surface area (Å²) in [5, 5.41) is 0. The summed E-state index contributed by atoms with van der Waals surface area (Å²) < 4.78 is 0. The van der Waals surface area contributed by atoms with Crippen LogP contribution in [0.15, 0.2) is 30.3 Å². The van der Waals surface area contributed by atoms with Gasteiger partial charge in [-0.1, -0.05) is 69.5 Å². The maximum atomic E-state index is 9.81. The number of ketones is 1. The SMILES string of the molecule is CCC(C)=O.CCCC.Cc1ccccc1. The fourth-order valence-electron chi connectivity index (χ4n) is 0.534. The number of hydrogen-bond donors (Lipinski definition) is 0. The smallest absolute Gasteiger partial charge is 0.129 e. The van der Waals surface area contributed by atoms with Crippen LogP contribution in [0.25, 0.3) is 0 Å². The summed E-state index contributed by atoms with van der Waals surface area (Å²) in [6, 6.07) is 10.3. The molecule has 0 aliphatic carbocycles. The van der Waals surface area contributed by atoms with E-state index in [4.69, 9.17) is 0 Å². The molecule has 0 N–H and O–H groups in total. The van der Waals surface area contributed by atoms with Crippen molar-refractivity contribution in [2.24, 2.45) is 0 Å². The molecular formula is C15H26O. The second-order valence-corrected chi connectivity index (χ2v) is 3.71. The van der Waals surface area contributed by atoms with Crippen LogP contribution < -0.4 is 0 Å². The van der Waals surface area contributed by atoms with Crippen LogP contribution in [0.3, 0.4) is 0 Å². The van der Waals surface area contributed by atoms with E-state index in [0.29, 0.717) is 6.42 Å². The Hall–Kier alpha value is -1.11. The topological polar surface area (TPSA) is 17.1 Å². The van der Waals surface area contributed by atoms with Crippen molar-refractivity contribution >= 4 is 5.78 Å². The van der Waals surface area contributed by atoms with Gasteiger partial charge in [-0.3, -0.25) is 0 Å². The zero-order valence-corrected chi connectivity index (χ0v) is 11.4. The predicted molar refractivity (Wildman–Crippen MR) is 72.7 cm³/mol. The fourth-order valence-corrected chi connectivity index (χ4v) is 0.534. The molecule has 1 rings (SSSR count). The van der Waals surface area contributed by atoms with E-state index in [-0.39, 0.29) is 5.78 Å². The van der Waals surface area contributed by atoms with E-state index < -0.39 is 0 Å². The Kier molecular flexibility index (Phi) is 15.0. The molecule has 92 valence electrons. The largest absolute Gasteiger partial charge is 0.300 e. The van der Waals surface area contributed by atoms with E-state index in [1.807, 2.05) is 25.1 Å². The molecule has 0 spiro atoms. The van der Waals surface area contributed by atoms with Crippen LogP contribution in [0, 0.1) is 6.92 Å². The average Bonchev–Trinajstić information content (AvgIpc) is 2.31. The molecule has 0 saturated heterocycles. The van der Waals surface area contributed by atoms with E-state index in [1.165, 1.54) is 18.4 Å². The Morgan fingerprint density at radius 3 is 1.50 bits per heavy atom. The molecule has 0 unspecified atom stereocenters. The van der Waals surface area contributed by atoms with Gasteiger partial charge in [0.05, 0.1) is 0 Å². The highest BCUT2D eigenvalue weighted by Crippen LogP contribution is 1.92. The summed E-state index contributed by atoms with van der Waals surface area (Å²) in [5.41, 5.74) is 1.32. The van der Waals surface area contributed by atoms with Crippen LogP contribution in [-0.2, 0) is 4.79 Å². The molecule has 0 aromatic heterocycles. The summed E-state index contributed by atoms with van der Waals surface area (Å²) >= 11 is 0. The summed E-state index contributed by atoms with van der Waals surface area (Å²) in [7, 11) is 0. The monoisotopic (exact) mass is 222 g/mol. The first-order valence-corrected chi connectivity index (χ1v) is 6.09. The molecule has 0 saturated carbocycles. The summed E-state index contributed by atoms with van der Waals surface area (Å²) in [4.78, 5) is 9.81. The van der Waals surface area contributed by atoms with Crippen molar-refractivity contribution in [3.8, 4) is 0 Å². The van der Waals surface area contributed by atoms with Crippen LogP contribution in [-0.4, -0.2) is 5.78 Å². The van der Waals surface area contributed by atoms with Crippen molar-refractivity contribution in [2.45, 2.75) is 53.9 Å². The number of aryl methyl sites for hydroxylation is 1. The molecule has 1 nitrogen and oxygen atoms in total. The molecule has 0 fully saturated rings. The lowest BCUT2D eigenvalue weighted by Gasteiger charge is -1.82. The van der Waals surface area contributed by atoms with Gasteiger partial charge in [0.2, 0.25) is 0 Å². The van der Waals surface area contributed by atoms with E-state index in [9.17, 15) is 4.79 Å². The van der Waals surface area contributed by atoms with Crippen molar-refractivity contribution in [2.75, 3.05) is 0 Å². The number of carbonyl (C=O) groups is 1. The number of rotatable bonds is 2. The van der Waals surface area contributed by atoms with Gasteiger partial charge in [0.1, 0.15) is 5.78 Å². The van der Waals surface area contributed by atoms with Crippen molar-refractivity contribution < 1.29 is 4.79 Å². The molecule has 1 heteroatoms. The highest BCUT2D eigenvalue weighted by atomic mass is 16.1. The van der Waals surface area contributed by atoms with Crippen molar-refractivity contribution in [1.82, 2.24) is 0 Å². The van der Waals surface area contributed by atoms with Gasteiger partial charge in [-0.25, -0.2) is 0 Å². The van der Waals surface area contributed by atoms with Gasteiger partial charge in [0, 0.05) is 6.42 Å². The molecule has 0 atom stereocenters. The molecule has 1 aromatic rings. The molecule has 0 aliphatic rings. The lowest BCUT2D eigenvalue weighted by Crippen LogP contribution is -1.80. The standard InChI is InChI=1S/C7H8.C4H8O.C4H10/c1-7-5-3-2-4-6-7;1-3-4(2)5;1-3-4-2/h2-6H,1H3;3H2,1-2H3;3-4H2,1-2H3. The highest BCUT2D eigenvalue weighted by Gasteiger charge is 1.77. The zero-order valence-electron chi connectivity index (χ0n) is 11.4. The lowest BCUT2D eigenvalue weighted by atomic mass is 10.2. The maximum Gasteiger partial charge on any atom is 0.129 e. The van der Waals surface area contributed by atoms with Gasteiger partial charge >= 0.3 is 0 Å². The van der Waals surface area contributed by atoms with Crippen LogP contribution in [0.4, 0.5) is 0 Å². The molecule has 0 bridgehead atoms. The van der Waals surface area contributed by atoms with Crippen molar-refractivity contribution in [1.29, 1.82) is 0 Å². The minimum atomic E-state index is 0.255. The highest BCUT2D eigenvalue weighted by molar-refractivity contribution is 5.74. The van der Waals surface area contributed by atoms with Crippen LogP contribution in [0.5, 0.6) is 0 Å². The van der Waals surface area contributed by atoms with Crippen molar-refractivity contribution in [3.63, 3.8) is 0 Å². The van der Waals surface area contributed by atoms with Gasteiger partial charge in [0.15, 0.2) is 0 Å². The van der Waals surface area contributed by atoms with E-state index >= 15 is 0 Å². The number of unbranched alkanes of at least 4 members (excludes halogenated alkanes) is 1. The molecule has 0 heterocycles. The van der Waals surface area contributed by atoms with Gasteiger partial charge < -0.3 is 4.79 Å². The van der Waals surface area contributed by atoms with Gasteiger partial charge in [-0.2, -0.15) is 0 Å². The van der Waals surface area contributed by atoms with Crippen LogP contribution in [0.1, 0.15) is 52.5 Å². The predicted octanol–water partition coefficient (Wildman–Crippen LogP) is 4.79. The zero-order chi connectivity index (χ0) is 12.8. The first-order valence-electron chi connectivity index (χ1n) is 6.09. The Labute approximate surface area is 101 Å². The average molecular weight is 222 g/mol. The van der Waals surface area contributed by atoms with Gasteiger partial charge in [-0.05, 0) is 13.8 Å². The molecule has 1 aromatic carbocycles. The first kappa shape index (κ1) is 17.3. The van der Waals surface area contributed by atoms with E-state index in [2.05, 4.69) is 32.9 Å².